The summed E-state index contributed by atoms with van der Waals surface area (Å²) in [4.78, 5) is 12.0. The van der Waals surface area contributed by atoms with Gasteiger partial charge in [0.2, 0.25) is 0 Å². The summed E-state index contributed by atoms with van der Waals surface area (Å²) in [5.41, 5.74) is -0.962. The third-order valence-corrected chi connectivity index (χ3v) is 4.57. The van der Waals surface area contributed by atoms with Crippen LogP contribution in [0.5, 0.6) is 0 Å². The van der Waals surface area contributed by atoms with Crippen molar-refractivity contribution in [2.75, 3.05) is 7.05 Å². The van der Waals surface area contributed by atoms with E-state index in [2.05, 4.69) is 5.32 Å². The van der Waals surface area contributed by atoms with E-state index in [0.29, 0.717) is 17.2 Å². The van der Waals surface area contributed by atoms with Gasteiger partial charge in [0.1, 0.15) is 5.82 Å². The van der Waals surface area contributed by atoms with Gasteiger partial charge in [-0.25, -0.2) is 4.39 Å². The summed E-state index contributed by atoms with van der Waals surface area (Å²) >= 11 is 0. The molecule has 0 aliphatic carbocycles. The molecule has 0 bridgehead atoms. The zero-order chi connectivity index (χ0) is 20.5. The minimum absolute atomic E-state index is 0.116. The molecule has 0 aliphatic rings. The lowest BCUT2D eigenvalue weighted by Gasteiger charge is -2.20. The second-order valence-corrected chi connectivity index (χ2v) is 6.27. The van der Waals surface area contributed by atoms with Gasteiger partial charge in [0.25, 0.3) is 5.91 Å². The molecule has 3 aromatic rings. The van der Waals surface area contributed by atoms with Crippen LogP contribution >= 0.6 is 0 Å². The standard InChI is InChI=1S/C22H17F4NO/c1-13-17(21(28)27-2)12-18(22(24,25)26)19(20(13)23)16-11-7-6-10-15(16)14-8-4-3-5-9-14/h3-12H,1-2H3,(H,27,28). The maximum absolute atomic E-state index is 15.3. The summed E-state index contributed by atoms with van der Waals surface area (Å²) in [5, 5.41) is 2.25. The number of amides is 1. The second kappa shape index (κ2) is 7.46. The van der Waals surface area contributed by atoms with Crippen molar-refractivity contribution in [1.29, 1.82) is 0 Å². The smallest absolute Gasteiger partial charge is 0.355 e. The van der Waals surface area contributed by atoms with Crippen molar-refractivity contribution in [3.05, 3.63) is 83.2 Å². The van der Waals surface area contributed by atoms with E-state index in [-0.39, 0.29) is 16.7 Å². The van der Waals surface area contributed by atoms with Gasteiger partial charge in [0.05, 0.1) is 5.56 Å². The third-order valence-electron chi connectivity index (χ3n) is 4.57. The van der Waals surface area contributed by atoms with Crippen LogP contribution in [0.25, 0.3) is 22.3 Å². The number of carbonyl (C=O) groups is 1. The molecule has 6 heteroatoms. The summed E-state index contributed by atoms with van der Waals surface area (Å²) in [7, 11) is 1.28. The van der Waals surface area contributed by atoms with E-state index >= 15 is 4.39 Å². The van der Waals surface area contributed by atoms with E-state index in [1.54, 1.807) is 48.5 Å². The van der Waals surface area contributed by atoms with Crippen molar-refractivity contribution in [1.82, 2.24) is 5.32 Å². The van der Waals surface area contributed by atoms with Gasteiger partial charge in [-0.15, -0.1) is 0 Å². The van der Waals surface area contributed by atoms with Crippen molar-refractivity contribution in [2.24, 2.45) is 0 Å². The highest BCUT2D eigenvalue weighted by Gasteiger charge is 2.37. The van der Waals surface area contributed by atoms with Gasteiger partial charge in [-0.1, -0.05) is 54.6 Å². The molecule has 0 aromatic heterocycles. The molecule has 3 rings (SSSR count). The molecule has 3 aromatic carbocycles. The van der Waals surface area contributed by atoms with E-state index in [1.165, 1.54) is 20.0 Å². The SMILES string of the molecule is CNC(=O)c1cc(C(F)(F)F)c(-c2ccccc2-c2ccccc2)c(F)c1C. The summed E-state index contributed by atoms with van der Waals surface area (Å²) in [5.74, 6) is -1.83. The molecule has 28 heavy (non-hydrogen) atoms. The van der Waals surface area contributed by atoms with Crippen molar-refractivity contribution >= 4 is 5.91 Å². The van der Waals surface area contributed by atoms with E-state index in [4.69, 9.17) is 0 Å². The fraction of sp³-hybridized carbons (Fsp3) is 0.136. The topological polar surface area (TPSA) is 29.1 Å². The minimum Gasteiger partial charge on any atom is -0.355 e. The summed E-state index contributed by atoms with van der Waals surface area (Å²) in [6.45, 7) is 1.30. The monoisotopic (exact) mass is 387 g/mol. The van der Waals surface area contributed by atoms with Crippen molar-refractivity contribution < 1.29 is 22.4 Å². The average molecular weight is 387 g/mol. The normalized spacial score (nSPS) is 11.4. The zero-order valence-electron chi connectivity index (χ0n) is 15.2. The number of halogens is 4. The second-order valence-electron chi connectivity index (χ2n) is 6.27. The molecule has 2 nitrogen and oxygen atoms in total. The third kappa shape index (κ3) is 3.50. The van der Waals surface area contributed by atoms with Gasteiger partial charge in [0.15, 0.2) is 0 Å². The lowest BCUT2D eigenvalue weighted by atomic mass is 9.88. The maximum atomic E-state index is 15.3. The molecule has 0 radical (unpaired) electrons. The quantitative estimate of drug-likeness (QED) is 0.562. The van der Waals surface area contributed by atoms with Crippen LogP contribution < -0.4 is 5.32 Å². The van der Waals surface area contributed by atoms with Crippen LogP contribution in [-0.2, 0) is 6.18 Å². The Bertz CT molecular complexity index is 1030. The Morgan fingerprint density at radius 2 is 1.50 bits per heavy atom. The van der Waals surface area contributed by atoms with Crippen LogP contribution in [0.1, 0.15) is 21.5 Å². The Kier molecular flexibility index (Phi) is 5.23. The minimum atomic E-state index is -4.84. The van der Waals surface area contributed by atoms with E-state index in [0.717, 1.165) is 0 Å². The predicted molar refractivity (Wildman–Crippen MR) is 100 cm³/mol. The first-order chi connectivity index (χ1) is 13.3. The van der Waals surface area contributed by atoms with Crippen LogP contribution in [0.3, 0.4) is 0 Å². The van der Waals surface area contributed by atoms with Crippen LogP contribution in [0.2, 0.25) is 0 Å². The fourth-order valence-electron chi connectivity index (χ4n) is 3.18. The van der Waals surface area contributed by atoms with Gasteiger partial charge in [-0.2, -0.15) is 13.2 Å². The number of benzene rings is 3. The summed E-state index contributed by atoms with van der Waals surface area (Å²) < 4.78 is 56.7. The molecule has 0 saturated heterocycles. The first-order valence-electron chi connectivity index (χ1n) is 8.53. The Hall–Kier alpha value is -3.15. The Balaban J connectivity index is 2.38. The van der Waals surface area contributed by atoms with Crippen molar-refractivity contribution in [3.8, 4) is 22.3 Å². The molecule has 0 spiro atoms. The largest absolute Gasteiger partial charge is 0.417 e. The average Bonchev–Trinajstić information content (AvgIpc) is 2.69. The van der Waals surface area contributed by atoms with E-state index < -0.39 is 29.0 Å². The van der Waals surface area contributed by atoms with Crippen LogP contribution in [-0.4, -0.2) is 13.0 Å². The van der Waals surface area contributed by atoms with Gasteiger partial charge >= 0.3 is 6.18 Å². The van der Waals surface area contributed by atoms with Gasteiger partial charge in [-0.05, 0) is 35.2 Å². The predicted octanol–water partition coefficient (Wildman–Crippen LogP) is 5.85. The van der Waals surface area contributed by atoms with Gasteiger partial charge < -0.3 is 5.32 Å². The first-order valence-corrected chi connectivity index (χ1v) is 8.53. The van der Waals surface area contributed by atoms with E-state index in [9.17, 15) is 18.0 Å². The van der Waals surface area contributed by atoms with Crippen LogP contribution in [0.15, 0.2) is 60.7 Å². The van der Waals surface area contributed by atoms with E-state index in [1.807, 2.05) is 0 Å². The molecule has 0 unspecified atom stereocenters. The number of alkyl halides is 3. The molecule has 0 aliphatic heterocycles. The molecule has 0 heterocycles. The molecule has 1 amide bonds. The molecule has 0 saturated carbocycles. The van der Waals surface area contributed by atoms with Crippen molar-refractivity contribution in [3.63, 3.8) is 0 Å². The summed E-state index contributed by atoms with van der Waals surface area (Å²) in [6, 6.07) is 15.9. The Morgan fingerprint density at radius 3 is 2.07 bits per heavy atom. The highest BCUT2D eigenvalue weighted by atomic mass is 19.4. The summed E-state index contributed by atoms with van der Waals surface area (Å²) in [6.07, 6.45) is -4.84. The number of nitrogens with one attached hydrogen (secondary N) is 1. The van der Waals surface area contributed by atoms with Crippen LogP contribution in [0, 0.1) is 12.7 Å². The lowest BCUT2D eigenvalue weighted by molar-refractivity contribution is -0.137. The fourth-order valence-corrected chi connectivity index (χ4v) is 3.18. The van der Waals surface area contributed by atoms with Gasteiger partial charge in [0, 0.05) is 18.2 Å². The Labute approximate surface area is 159 Å². The maximum Gasteiger partial charge on any atom is 0.417 e. The molecular weight excluding hydrogens is 370 g/mol. The molecule has 0 atom stereocenters. The number of rotatable bonds is 3. The molecule has 144 valence electrons. The van der Waals surface area contributed by atoms with Crippen molar-refractivity contribution in [2.45, 2.75) is 13.1 Å². The number of hydrogen-bond acceptors (Lipinski definition) is 1. The first kappa shape index (κ1) is 19.6. The zero-order valence-corrected chi connectivity index (χ0v) is 15.2. The Morgan fingerprint density at radius 1 is 0.929 bits per heavy atom. The van der Waals surface area contributed by atoms with Crippen LogP contribution in [0.4, 0.5) is 17.6 Å². The molecule has 0 fully saturated rings. The molecule has 1 N–H and O–H groups in total. The lowest BCUT2D eigenvalue weighted by Crippen LogP contribution is -2.21. The highest BCUT2D eigenvalue weighted by Crippen LogP contribution is 2.43. The molecular formula is C22H17F4NO. The highest BCUT2D eigenvalue weighted by molar-refractivity contribution is 5.97. The number of carbonyl (C=O) groups excluding carboxylic acids is 1. The number of hydrogen-bond donors (Lipinski definition) is 1. The van der Waals surface area contributed by atoms with Gasteiger partial charge in [-0.3, -0.25) is 4.79 Å².